The maximum Gasteiger partial charge on any atom is 0.154 e. The van der Waals surface area contributed by atoms with Crippen LogP contribution in [0.2, 0.25) is 0 Å². The normalized spacial score (nSPS) is 13.4. The fourth-order valence-electron chi connectivity index (χ4n) is 0.666. The molecule has 0 saturated heterocycles. The van der Waals surface area contributed by atoms with Crippen LogP contribution >= 0.6 is 0 Å². The second-order valence-electron chi connectivity index (χ2n) is 2.37. The van der Waals surface area contributed by atoms with Crippen LogP contribution in [0, 0.1) is 0 Å². The number of unbranched alkanes of at least 4 members (excludes halogenated alkanes) is 1. The summed E-state index contributed by atoms with van der Waals surface area (Å²) in [5, 5.41) is 0. The fraction of sp³-hybridized carbons (Fsp3) is 1.00. The van der Waals surface area contributed by atoms with Gasteiger partial charge in [0, 0.05) is 27.4 Å². The number of hydrogen-bond acceptors (Lipinski definition) is 3. The molecule has 0 rings (SSSR count). The maximum atomic E-state index is 5.26. The Morgan fingerprint density at radius 1 is 1.09 bits per heavy atom. The van der Waals surface area contributed by atoms with E-state index in [2.05, 4.69) is 0 Å². The molecule has 0 aliphatic heterocycles. The molecule has 11 heavy (non-hydrogen) atoms. The van der Waals surface area contributed by atoms with Gasteiger partial charge in [0.2, 0.25) is 0 Å². The van der Waals surface area contributed by atoms with Gasteiger partial charge in [0.05, 0.1) is 0 Å². The summed E-state index contributed by atoms with van der Waals surface area (Å²) in [6, 6.07) is 0. The molecular weight excluding hydrogens is 144 g/mol. The standard InChI is InChI=1S/C8H18O3/c1-8(10-3)11-7-5-4-6-9-2/h8H,4-7H2,1-3H3. The number of rotatable bonds is 7. The van der Waals surface area contributed by atoms with E-state index in [4.69, 9.17) is 14.2 Å². The Balaban J connectivity index is 2.89. The lowest BCUT2D eigenvalue weighted by Crippen LogP contribution is -2.11. The molecule has 0 heterocycles. The van der Waals surface area contributed by atoms with Gasteiger partial charge in [-0.15, -0.1) is 0 Å². The lowest BCUT2D eigenvalue weighted by atomic mass is 10.3. The molecular formula is C8H18O3. The predicted octanol–water partition coefficient (Wildman–Crippen LogP) is 1.42. The third-order valence-corrected chi connectivity index (χ3v) is 1.43. The zero-order chi connectivity index (χ0) is 8.53. The molecule has 0 aromatic rings. The van der Waals surface area contributed by atoms with Crippen molar-refractivity contribution in [1.29, 1.82) is 0 Å². The molecule has 3 heteroatoms. The van der Waals surface area contributed by atoms with Gasteiger partial charge < -0.3 is 14.2 Å². The predicted molar refractivity (Wildman–Crippen MR) is 43.5 cm³/mol. The van der Waals surface area contributed by atoms with Crippen molar-refractivity contribution in [3.05, 3.63) is 0 Å². The Bertz CT molecular complexity index is 75.7. The highest BCUT2D eigenvalue weighted by molar-refractivity contribution is 4.37. The van der Waals surface area contributed by atoms with E-state index in [9.17, 15) is 0 Å². The first kappa shape index (κ1) is 10.9. The van der Waals surface area contributed by atoms with Crippen molar-refractivity contribution in [3.63, 3.8) is 0 Å². The SMILES string of the molecule is COCCCCOC(C)OC. The van der Waals surface area contributed by atoms with Crippen LogP contribution in [0.25, 0.3) is 0 Å². The van der Waals surface area contributed by atoms with Crippen LogP contribution in [-0.2, 0) is 14.2 Å². The highest BCUT2D eigenvalue weighted by atomic mass is 16.7. The summed E-state index contributed by atoms with van der Waals surface area (Å²) < 4.78 is 15.1. The molecule has 0 aromatic carbocycles. The van der Waals surface area contributed by atoms with E-state index >= 15 is 0 Å². The lowest BCUT2D eigenvalue weighted by Gasteiger charge is -2.09. The summed E-state index contributed by atoms with van der Waals surface area (Å²) in [4.78, 5) is 0. The smallest absolute Gasteiger partial charge is 0.154 e. The minimum atomic E-state index is -0.0856. The first-order valence-electron chi connectivity index (χ1n) is 3.94. The highest BCUT2D eigenvalue weighted by Crippen LogP contribution is 1.95. The molecule has 1 atom stereocenters. The van der Waals surface area contributed by atoms with Gasteiger partial charge in [0.15, 0.2) is 6.29 Å². The molecule has 0 saturated carbocycles. The van der Waals surface area contributed by atoms with Crippen molar-refractivity contribution in [2.24, 2.45) is 0 Å². The number of ether oxygens (including phenoxy) is 3. The molecule has 68 valence electrons. The van der Waals surface area contributed by atoms with E-state index in [1.165, 1.54) is 0 Å². The van der Waals surface area contributed by atoms with Crippen LogP contribution in [0.1, 0.15) is 19.8 Å². The van der Waals surface area contributed by atoms with Gasteiger partial charge in [-0.1, -0.05) is 0 Å². The molecule has 0 amide bonds. The molecule has 0 aromatic heterocycles. The molecule has 0 N–H and O–H groups in total. The molecule has 0 aliphatic rings. The van der Waals surface area contributed by atoms with Gasteiger partial charge in [0.1, 0.15) is 0 Å². The first-order valence-corrected chi connectivity index (χ1v) is 3.94. The van der Waals surface area contributed by atoms with E-state index in [0.717, 1.165) is 26.1 Å². The van der Waals surface area contributed by atoms with E-state index < -0.39 is 0 Å². The largest absolute Gasteiger partial charge is 0.385 e. The van der Waals surface area contributed by atoms with Crippen molar-refractivity contribution in [3.8, 4) is 0 Å². The van der Waals surface area contributed by atoms with E-state index in [1.54, 1.807) is 14.2 Å². The average Bonchev–Trinajstić information content (AvgIpc) is 2.04. The van der Waals surface area contributed by atoms with Crippen LogP contribution in [0.15, 0.2) is 0 Å². The molecule has 0 radical (unpaired) electrons. The molecule has 3 nitrogen and oxygen atoms in total. The average molecular weight is 162 g/mol. The molecule has 0 spiro atoms. The quantitative estimate of drug-likeness (QED) is 0.418. The highest BCUT2D eigenvalue weighted by Gasteiger charge is 1.96. The van der Waals surface area contributed by atoms with E-state index in [0.29, 0.717) is 0 Å². The topological polar surface area (TPSA) is 27.7 Å². The fourth-order valence-corrected chi connectivity index (χ4v) is 0.666. The van der Waals surface area contributed by atoms with Gasteiger partial charge in [-0.25, -0.2) is 0 Å². The van der Waals surface area contributed by atoms with E-state index in [1.807, 2.05) is 6.92 Å². The monoisotopic (exact) mass is 162 g/mol. The van der Waals surface area contributed by atoms with Gasteiger partial charge >= 0.3 is 0 Å². The van der Waals surface area contributed by atoms with Crippen LogP contribution < -0.4 is 0 Å². The third-order valence-electron chi connectivity index (χ3n) is 1.43. The summed E-state index contributed by atoms with van der Waals surface area (Å²) in [5.74, 6) is 0. The minimum absolute atomic E-state index is 0.0856. The Morgan fingerprint density at radius 3 is 2.27 bits per heavy atom. The summed E-state index contributed by atoms with van der Waals surface area (Å²) >= 11 is 0. The lowest BCUT2D eigenvalue weighted by molar-refractivity contribution is -0.111. The third kappa shape index (κ3) is 7.78. The van der Waals surface area contributed by atoms with Gasteiger partial charge in [0.25, 0.3) is 0 Å². The number of hydrogen-bond donors (Lipinski definition) is 0. The summed E-state index contributed by atoms with van der Waals surface area (Å²) in [6.45, 7) is 3.44. The Morgan fingerprint density at radius 2 is 1.73 bits per heavy atom. The molecule has 1 unspecified atom stereocenters. The van der Waals surface area contributed by atoms with Gasteiger partial charge in [-0.3, -0.25) is 0 Å². The Labute approximate surface area is 68.6 Å². The minimum Gasteiger partial charge on any atom is -0.385 e. The first-order chi connectivity index (χ1) is 5.31. The second-order valence-corrected chi connectivity index (χ2v) is 2.37. The van der Waals surface area contributed by atoms with Crippen molar-refractivity contribution >= 4 is 0 Å². The summed E-state index contributed by atoms with van der Waals surface area (Å²) in [6.07, 6.45) is 1.99. The summed E-state index contributed by atoms with van der Waals surface area (Å²) in [7, 11) is 3.35. The molecule has 0 aliphatic carbocycles. The summed E-state index contributed by atoms with van der Waals surface area (Å²) in [5.41, 5.74) is 0. The van der Waals surface area contributed by atoms with Crippen molar-refractivity contribution in [2.75, 3.05) is 27.4 Å². The second kappa shape index (κ2) is 7.98. The Kier molecular flexibility index (Phi) is 7.89. The molecule has 0 fully saturated rings. The number of methoxy groups -OCH3 is 2. The van der Waals surface area contributed by atoms with Crippen LogP contribution in [0.3, 0.4) is 0 Å². The van der Waals surface area contributed by atoms with Gasteiger partial charge in [-0.2, -0.15) is 0 Å². The van der Waals surface area contributed by atoms with E-state index in [-0.39, 0.29) is 6.29 Å². The van der Waals surface area contributed by atoms with Crippen molar-refractivity contribution in [2.45, 2.75) is 26.1 Å². The van der Waals surface area contributed by atoms with Crippen LogP contribution in [-0.4, -0.2) is 33.7 Å². The molecule has 0 bridgehead atoms. The van der Waals surface area contributed by atoms with Crippen LogP contribution in [0.4, 0.5) is 0 Å². The zero-order valence-electron chi connectivity index (χ0n) is 7.63. The van der Waals surface area contributed by atoms with Gasteiger partial charge in [-0.05, 0) is 19.8 Å². The van der Waals surface area contributed by atoms with Crippen LogP contribution in [0.5, 0.6) is 0 Å². The maximum absolute atomic E-state index is 5.26. The Hall–Kier alpha value is -0.120. The van der Waals surface area contributed by atoms with Crippen molar-refractivity contribution in [1.82, 2.24) is 0 Å². The van der Waals surface area contributed by atoms with Crippen molar-refractivity contribution < 1.29 is 14.2 Å². The zero-order valence-corrected chi connectivity index (χ0v) is 7.63.